The van der Waals surface area contributed by atoms with Crippen molar-refractivity contribution in [1.29, 1.82) is 0 Å². The molecule has 0 amide bonds. The van der Waals surface area contributed by atoms with Crippen LogP contribution in [0, 0.1) is 6.92 Å². The largest absolute Gasteiger partial charge is 0.308 e. The lowest BCUT2D eigenvalue weighted by atomic mass is 10.2. The fourth-order valence-electron chi connectivity index (χ4n) is 2.23. The van der Waals surface area contributed by atoms with Crippen molar-refractivity contribution in [3.63, 3.8) is 0 Å². The highest BCUT2D eigenvalue weighted by atomic mass is 15.3. The van der Waals surface area contributed by atoms with Crippen LogP contribution in [0.2, 0.25) is 0 Å². The first kappa shape index (κ1) is 13.6. The zero-order valence-electron chi connectivity index (χ0n) is 12.3. The van der Waals surface area contributed by atoms with E-state index in [0.717, 1.165) is 18.8 Å². The van der Waals surface area contributed by atoms with Crippen molar-refractivity contribution in [1.82, 2.24) is 24.9 Å². The number of rotatable bonds is 5. The van der Waals surface area contributed by atoms with Crippen LogP contribution in [0.1, 0.15) is 16.8 Å². The standard InChI is InChI=1S/C16H19N5/c1-13-15(11-18-20(13)2)10-17-8-14-9-19-21(12-14)16-6-4-3-5-7-16/h3-7,9,11-12,17H,8,10H2,1-2H3. The lowest BCUT2D eigenvalue weighted by Gasteiger charge is -2.03. The maximum Gasteiger partial charge on any atom is 0.0645 e. The average molecular weight is 281 g/mol. The number of hydrogen-bond donors (Lipinski definition) is 1. The Morgan fingerprint density at radius 3 is 2.57 bits per heavy atom. The van der Waals surface area contributed by atoms with Gasteiger partial charge in [-0.1, -0.05) is 18.2 Å². The highest BCUT2D eigenvalue weighted by Crippen LogP contribution is 2.08. The van der Waals surface area contributed by atoms with Crippen LogP contribution < -0.4 is 5.32 Å². The van der Waals surface area contributed by atoms with Gasteiger partial charge < -0.3 is 5.32 Å². The van der Waals surface area contributed by atoms with Gasteiger partial charge in [-0.3, -0.25) is 4.68 Å². The Kier molecular flexibility index (Phi) is 3.83. The van der Waals surface area contributed by atoms with Gasteiger partial charge in [-0.25, -0.2) is 4.68 Å². The minimum Gasteiger partial charge on any atom is -0.308 e. The summed E-state index contributed by atoms with van der Waals surface area (Å²) in [4.78, 5) is 0. The number of nitrogens with zero attached hydrogens (tertiary/aromatic N) is 4. The Balaban J connectivity index is 1.59. The molecule has 1 N–H and O–H groups in total. The molecule has 108 valence electrons. The van der Waals surface area contributed by atoms with Crippen molar-refractivity contribution in [2.24, 2.45) is 7.05 Å². The minimum atomic E-state index is 0.793. The van der Waals surface area contributed by atoms with Crippen molar-refractivity contribution in [2.45, 2.75) is 20.0 Å². The van der Waals surface area contributed by atoms with E-state index < -0.39 is 0 Å². The number of nitrogens with one attached hydrogen (secondary N) is 1. The van der Waals surface area contributed by atoms with Crippen LogP contribution in [0.5, 0.6) is 0 Å². The number of hydrogen-bond acceptors (Lipinski definition) is 3. The van der Waals surface area contributed by atoms with Crippen molar-refractivity contribution >= 4 is 0 Å². The van der Waals surface area contributed by atoms with Gasteiger partial charge in [0.05, 0.1) is 18.1 Å². The fourth-order valence-corrected chi connectivity index (χ4v) is 2.23. The molecule has 0 aliphatic rings. The summed E-state index contributed by atoms with van der Waals surface area (Å²) in [6.07, 6.45) is 5.87. The van der Waals surface area contributed by atoms with E-state index in [1.807, 2.05) is 59.1 Å². The maximum atomic E-state index is 4.39. The van der Waals surface area contributed by atoms with Gasteiger partial charge in [0.15, 0.2) is 0 Å². The molecule has 5 nitrogen and oxygen atoms in total. The van der Waals surface area contributed by atoms with Crippen molar-refractivity contribution < 1.29 is 0 Å². The number of benzene rings is 1. The molecule has 0 unspecified atom stereocenters. The monoisotopic (exact) mass is 281 g/mol. The zero-order valence-corrected chi connectivity index (χ0v) is 12.3. The Bertz CT molecular complexity index is 711. The summed E-state index contributed by atoms with van der Waals surface area (Å²) in [7, 11) is 1.96. The van der Waals surface area contributed by atoms with Crippen LogP contribution in [-0.2, 0) is 20.1 Å². The molecule has 0 radical (unpaired) electrons. The molecule has 2 aromatic heterocycles. The van der Waals surface area contributed by atoms with Crippen LogP contribution in [0.3, 0.4) is 0 Å². The van der Waals surface area contributed by atoms with Gasteiger partial charge in [0.2, 0.25) is 0 Å². The third-order valence-electron chi connectivity index (χ3n) is 3.64. The first-order chi connectivity index (χ1) is 10.2. The third-order valence-corrected chi connectivity index (χ3v) is 3.64. The van der Waals surface area contributed by atoms with Gasteiger partial charge in [0.25, 0.3) is 0 Å². The SMILES string of the molecule is Cc1c(CNCc2cnn(-c3ccccc3)c2)cnn1C. The Hall–Kier alpha value is -2.40. The second-order valence-electron chi connectivity index (χ2n) is 5.11. The molecule has 3 rings (SSSR count). The fraction of sp³-hybridized carbons (Fsp3) is 0.250. The second-order valence-corrected chi connectivity index (χ2v) is 5.11. The van der Waals surface area contributed by atoms with Gasteiger partial charge in [-0.05, 0) is 19.1 Å². The molecule has 1 aromatic carbocycles. The Labute approximate surface area is 124 Å². The van der Waals surface area contributed by atoms with E-state index in [1.54, 1.807) is 0 Å². The quantitative estimate of drug-likeness (QED) is 0.780. The molecule has 21 heavy (non-hydrogen) atoms. The summed E-state index contributed by atoms with van der Waals surface area (Å²) in [6.45, 7) is 3.69. The predicted octanol–water partition coefficient (Wildman–Crippen LogP) is 2.20. The molecule has 5 heteroatoms. The molecule has 0 saturated heterocycles. The molecule has 0 aliphatic carbocycles. The Morgan fingerprint density at radius 2 is 1.86 bits per heavy atom. The average Bonchev–Trinajstić information content (AvgIpc) is 3.10. The van der Waals surface area contributed by atoms with Crippen molar-refractivity contribution in [3.05, 3.63) is 65.7 Å². The van der Waals surface area contributed by atoms with Crippen molar-refractivity contribution in [2.75, 3.05) is 0 Å². The molecule has 3 aromatic rings. The molecule has 0 spiro atoms. The molecule has 2 heterocycles. The van der Waals surface area contributed by atoms with Crippen LogP contribution in [0.25, 0.3) is 5.69 Å². The van der Waals surface area contributed by atoms with E-state index in [1.165, 1.54) is 16.8 Å². The van der Waals surface area contributed by atoms with Gasteiger partial charge >= 0.3 is 0 Å². The van der Waals surface area contributed by atoms with Gasteiger partial charge in [-0.2, -0.15) is 10.2 Å². The van der Waals surface area contributed by atoms with E-state index >= 15 is 0 Å². The molecule has 0 atom stereocenters. The van der Waals surface area contributed by atoms with Crippen molar-refractivity contribution in [3.8, 4) is 5.69 Å². The highest BCUT2D eigenvalue weighted by Gasteiger charge is 2.04. The molecular weight excluding hydrogens is 262 g/mol. The van der Waals surface area contributed by atoms with E-state index in [4.69, 9.17) is 0 Å². The van der Waals surface area contributed by atoms with Gasteiger partial charge in [-0.15, -0.1) is 0 Å². The van der Waals surface area contributed by atoms with Crippen LogP contribution in [0.15, 0.2) is 48.9 Å². The molecule has 0 aliphatic heterocycles. The lowest BCUT2D eigenvalue weighted by molar-refractivity contribution is 0.684. The van der Waals surface area contributed by atoms with E-state index in [-0.39, 0.29) is 0 Å². The zero-order chi connectivity index (χ0) is 14.7. The summed E-state index contributed by atoms with van der Waals surface area (Å²) in [6, 6.07) is 10.1. The van der Waals surface area contributed by atoms with Gasteiger partial charge in [0.1, 0.15) is 0 Å². The van der Waals surface area contributed by atoms with E-state index in [2.05, 4.69) is 28.6 Å². The summed E-state index contributed by atoms with van der Waals surface area (Å²) < 4.78 is 3.79. The smallest absolute Gasteiger partial charge is 0.0645 e. The molecular formula is C16H19N5. The first-order valence-corrected chi connectivity index (χ1v) is 7.01. The third kappa shape index (κ3) is 3.03. The van der Waals surface area contributed by atoms with Gasteiger partial charge in [0, 0.05) is 43.2 Å². The first-order valence-electron chi connectivity index (χ1n) is 7.01. The Morgan fingerprint density at radius 1 is 1.05 bits per heavy atom. The maximum absolute atomic E-state index is 4.39. The second kappa shape index (κ2) is 5.93. The number of aryl methyl sites for hydroxylation is 1. The topological polar surface area (TPSA) is 47.7 Å². The van der Waals surface area contributed by atoms with E-state index in [9.17, 15) is 0 Å². The minimum absolute atomic E-state index is 0.793. The van der Waals surface area contributed by atoms with Crippen LogP contribution in [0.4, 0.5) is 0 Å². The highest BCUT2D eigenvalue weighted by molar-refractivity contribution is 5.30. The molecule has 0 saturated carbocycles. The summed E-state index contributed by atoms with van der Waals surface area (Å²) in [5.74, 6) is 0. The van der Waals surface area contributed by atoms with Crippen LogP contribution >= 0.6 is 0 Å². The van der Waals surface area contributed by atoms with E-state index in [0.29, 0.717) is 0 Å². The summed E-state index contributed by atoms with van der Waals surface area (Å²) >= 11 is 0. The molecule has 0 fully saturated rings. The lowest BCUT2D eigenvalue weighted by Crippen LogP contribution is -2.12. The molecule has 0 bridgehead atoms. The number of para-hydroxylation sites is 1. The van der Waals surface area contributed by atoms with Crippen LogP contribution in [-0.4, -0.2) is 19.6 Å². The normalized spacial score (nSPS) is 11.0. The summed E-state index contributed by atoms with van der Waals surface area (Å²) in [5, 5.41) is 12.1. The number of aromatic nitrogens is 4. The predicted molar refractivity (Wildman–Crippen MR) is 82.1 cm³/mol. The summed E-state index contributed by atoms with van der Waals surface area (Å²) in [5.41, 5.74) is 4.67.